The molecule has 0 saturated heterocycles. The zero-order valence-electron chi connectivity index (χ0n) is 11.8. The molecule has 7 heteroatoms. The van der Waals surface area contributed by atoms with Crippen LogP contribution in [0.25, 0.3) is 16.4 Å². The van der Waals surface area contributed by atoms with Gasteiger partial charge in [0.15, 0.2) is 11.5 Å². The Kier molecular flexibility index (Phi) is 3.05. The number of benzene rings is 1. The van der Waals surface area contributed by atoms with Crippen LogP contribution in [-0.4, -0.2) is 25.5 Å². The van der Waals surface area contributed by atoms with Crippen molar-refractivity contribution in [3.63, 3.8) is 0 Å². The summed E-state index contributed by atoms with van der Waals surface area (Å²) < 4.78 is 1.65. The minimum Gasteiger partial charge on any atom is -0.259 e. The van der Waals surface area contributed by atoms with E-state index in [-0.39, 0.29) is 0 Å². The maximum absolute atomic E-state index is 4.49. The Morgan fingerprint density at radius 2 is 2.05 bits per heavy atom. The molecule has 108 valence electrons. The smallest absolute Gasteiger partial charge is 0.185 e. The second-order valence-electron chi connectivity index (χ2n) is 4.78. The number of nitrogens with zero attached hydrogens (tertiary/aromatic N) is 5. The molecule has 0 aliphatic rings. The van der Waals surface area contributed by atoms with Crippen molar-refractivity contribution in [2.45, 2.75) is 6.92 Å². The standard InChI is InChI=1S/C15H12N6S/c1-10(13-7-4-8-22-13)17-18-14-11-5-2-3-6-12(11)15-19-16-9-21(15)20-14/h2-9H,1H3,(H,18,20)/b17-10-. The number of aromatic nitrogens is 4. The van der Waals surface area contributed by atoms with Crippen LogP contribution >= 0.6 is 11.3 Å². The highest BCUT2D eigenvalue weighted by Gasteiger charge is 2.09. The molecule has 0 aliphatic carbocycles. The molecule has 22 heavy (non-hydrogen) atoms. The van der Waals surface area contributed by atoms with Crippen LogP contribution in [0, 0.1) is 0 Å². The van der Waals surface area contributed by atoms with Crippen LogP contribution in [-0.2, 0) is 0 Å². The lowest BCUT2D eigenvalue weighted by Gasteiger charge is -2.06. The van der Waals surface area contributed by atoms with Gasteiger partial charge >= 0.3 is 0 Å². The van der Waals surface area contributed by atoms with E-state index < -0.39 is 0 Å². The van der Waals surface area contributed by atoms with Gasteiger partial charge in [0.1, 0.15) is 6.33 Å². The van der Waals surface area contributed by atoms with Crippen LogP contribution in [0.1, 0.15) is 11.8 Å². The molecular weight excluding hydrogens is 296 g/mol. The summed E-state index contributed by atoms with van der Waals surface area (Å²) in [6.07, 6.45) is 1.59. The van der Waals surface area contributed by atoms with Crippen LogP contribution in [0.3, 0.4) is 0 Å². The van der Waals surface area contributed by atoms with Crippen molar-refractivity contribution in [1.82, 2.24) is 19.8 Å². The number of anilines is 1. The lowest BCUT2D eigenvalue weighted by molar-refractivity contribution is 0.934. The van der Waals surface area contributed by atoms with E-state index >= 15 is 0 Å². The van der Waals surface area contributed by atoms with Crippen LogP contribution in [0.4, 0.5) is 5.82 Å². The summed E-state index contributed by atoms with van der Waals surface area (Å²) in [6.45, 7) is 1.97. The summed E-state index contributed by atoms with van der Waals surface area (Å²) in [7, 11) is 0. The number of hydrogen-bond acceptors (Lipinski definition) is 6. The molecule has 0 fully saturated rings. The lowest BCUT2D eigenvalue weighted by atomic mass is 10.2. The van der Waals surface area contributed by atoms with Crippen LogP contribution < -0.4 is 5.43 Å². The SMILES string of the molecule is C/C(=N/Nc1nn2cnnc2c2ccccc12)c1cccs1. The largest absolute Gasteiger partial charge is 0.259 e. The van der Waals surface area contributed by atoms with Gasteiger partial charge in [0.25, 0.3) is 0 Å². The molecule has 0 radical (unpaired) electrons. The maximum Gasteiger partial charge on any atom is 0.185 e. The Bertz CT molecular complexity index is 970. The number of hydrogen-bond donors (Lipinski definition) is 1. The summed E-state index contributed by atoms with van der Waals surface area (Å²) in [5.41, 5.74) is 4.72. The first-order valence-electron chi connectivity index (χ1n) is 6.76. The number of nitrogens with one attached hydrogen (secondary N) is 1. The third kappa shape index (κ3) is 2.11. The van der Waals surface area contributed by atoms with Gasteiger partial charge in [-0.05, 0) is 18.4 Å². The van der Waals surface area contributed by atoms with Crippen LogP contribution in [0.5, 0.6) is 0 Å². The molecule has 6 nitrogen and oxygen atoms in total. The summed E-state index contributed by atoms with van der Waals surface area (Å²) in [5, 5.41) is 20.9. The quantitative estimate of drug-likeness (QED) is 0.466. The Labute approximate surface area is 130 Å². The Balaban J connectivity index is 1.81. The van der Waals surface area contributed by atoms with Gasteiger partial charge in [0.2, 0.25) is 0 Å². The van der Waals surface area contributed by atoms with Gasteiger partial charge in [-0.3, -0.25) is 5.43 Å². The Hall–Kier alpha value is -2.80. The summed E-state index contributed by atoms with van der Waals surface area (Å²) in [5.74, 6) is 0.679. The van der Waals surface area contributed by atoms with E-state index in [4.69, 9.17) is 0 Å². The molecule has 1 N–H and O–H groups in total. The number of rotatable bonds is 3. The summed E-state index contributed by atoms with van der Waals surface area (Å²) in [6, 6.07) is 12.0. The minimum atomic E-state index is 0.679. The monoisotopic (exact) mass is 308 g/mol. The van der Waals surface area contributed by atoms with E-state index in [0.29, 0.717) is 5.82 Å². The van der Waals surface area contributed by atoms with E-state index in [1.807, 2.05) is 48.7 Å². The fraction of sp³-hybridized carbons (Fsp3) is 0.0667. The third-order valence-electron chi connectivity index (χ3n) is 3.37. The van der Waals surface area contributed by atoms with Gasteiger partial charge in [0, 0.05) is 15.6 Å². The highest BCUT2D eigenvalue weighted by molar-refractivity contribution is 7.12. The van der Waals surface area contributed by atoms with Crippen molar-refractivity contribution >= 4 is 39.3 Å². The van der Waals surface area contributed by atoms with E-state index in [9.17, 15) is 0 Å². The molecule has 1 aromatic carbocycles. The molecule has 0 atom stereocenters. The second-order valence-corrected chi connectivity index (χ2v) is 5.73. The summed E-state index contributed by atoms with van der Waals surface area (Å²) >= 11 is 1.66. The van der Waals surface area contributed by atoms with Crippen LogP contribution in [0.2, 0.25) is 0 Å². The molecule has 0 amide bonds. The highest BCUT2D eigenvalue weighted by Crippen LogP contribution is 2.24. The third-order valence-corrected chi connectivity index (χ3v) is 4.35. The van der Waals surface area contributed by atoms with Crippen molar-refractivity contribution in [3.8, 4) is 0 Å². The average molecular weight is 308 g/mol. The molecule has 0 unspecified atom stereocenters. The van der Waals surface area contributed by atoms with Crippen molar-refractivity contribution in [2.24, 2.45) is 5.10 Å². The van der Waals surface area contributed by atoms with Gasteiger partial charge < -0.3 is 0 Å². The lowest BCUT2D eigenvalue weighted by Crippen LogP contribution is -2.03. The van der Waals surface area contributed by atoms with Gasteiger partial charge in [-0.2, -0.15) is 9.62 Å². The zero-order valence-corrected chi connectivity index (χ0v) is 12.6. The summed E-state index contributed by atoms with van der Waals surface area (Å²) in [4.78, 5) is 1.13. The molecule has 4 aromatic rings. The second kappa shape index (κ2) is 5.19. The van der Waals surface area contributed by atoms with E-state index in [0.717, 1.165) is 27.0 Å². The number of fused-ring (bicyclic) bond motifs is 3. The predicted octanol–water partition coefficient (Wildman–Crippen LogP) is 3.18. The molecule has 4 rings (SSSR count). The first-order valence-corrected chi connectivity index (χ1v) is 7.64. The molecule has 0 spiro atoms. The predicted molar refractivity (Wildman–Crippen MR) is 88.4 cm³/mol. The number of hydrazone groups is 1. The van der Waals surface area contributed by atoms with Gasteiger partial charge in [-0.1, -0.05) is 30.3 Å². The van der Waals surface area contributed by atoms with Gasteiger partial charge in [-0.25, -0.2) is 0 Å². The van der Waals surface area contributed by atoms with E-state index in [2.05, 4.69) is 25.8 Å². The van der Waals surface area contributed by atoms with Crippen molar-refractivity contribution in [1.29, 1.82) is 0 Å². The van der Waals surface area contributed by atoms with Crippen molar-refractivity contribution < 1.29 is 0 Å². The molecule has 3 heterocycles. The molecular formula is C15H12N6S. The zero-order chi connectivity index (χ0) is 14.9. The fourth-order valence-corrected chi connectivity index (χ4v) is 2.96. The Morgan fingerprint density at radius 1 is 1.18 bits per heavy atom. The number of thiophene rings is 1. The van der Waals surface area contributed by atoms with Gasteiger partial charge in [0.05, 0.1) is 5.71 Å². The van der Waals surface area contributed by atoms with E-state index in [1.165, 1.54) is 0 Å². The topological polar surface area (TPSA) is 67.5 Å². The molecule has 0 saturated carbocycles. The highest BCUT2D eigenvalue weighted by atomic mass is 32.1. The fourth-order valence-electron chi connectivity index (χ4n) is 2.29. The van der Waals surface area contributed by atoms with Crippen LogP contribution in [0.15, 0.2) is 53.2 Å². The maximum atomic E-state index is 4.49. The molecule has 0 aliphatic heterocycles. The first kappa shape index (κ1) is 12.9. The normalized spacial score (nSPS) is 12.1. The van der Waals surface area contributed by atoms with Crippen molar-refractivity contribution in [3.05, 3.63) is 53.0 Å². The first-order chi connectivity index (χ1) is 10.8. The average Bonchev–Trinajstić information content (AvgIpc) is 3.23. The minimum absolute atomic E-state index is 0.679. The molecule has 0 bridgehead atoms. The van der Waals surface area contributed by atoms with E-state index in [1.54, 1.807) is 22.2 Å². The Morgan fingerprint density at radius 3 is 2.86 bits per heavy atom. The molecule has 3 aromatic heterocycles. The van der Waals surface area contributed by atoms with Gasteiger partial charge in [-0.15, -0.1) is 26.6 Å². The van der Waals surface area contributed by atoms with Crippen molar-refractivity contribution in [2.75, 3.05) is 5.43 Å².